The summed E-state index contributed by atoms with van der Waals surface area (Å²) < 4.78 is 11.4. The molecule has 16 heavy (non-hydrogen) atoms. The van der Waals surface area contributed by atoms with Crippen LogP contribution in [0.25, 0.3) is 0 Å². The summed E-state index contributed by atoms with van der Waals surface area (Å²) in [6, 6.07) is 6.26. The molecule has 0 aromatic heterocycles. The summed E-state index contributed by atoms with van der Waals surface area (Å²) in [5.41, 5.74) is 2.40. The van der Waals surface area contributed by atoms with Crippen molar-refractivity contribution in [3.8, 4) is 5.75 Å². The molecule has 0 radical (unpaired) electrons. The van der Waals surface area contributed by atoms with Crippen LogP contribution >= 0.6 is 0 Å². The zero-order chi connectivity index (χ0) is 11.4. The van der Waals surface area contributed by atoms with Crippen molar-refractivity contribution in [1.82, 2.24) is 5.32 Å². The highest BCUT2D eigenvalue weighted by Gasteiger charge is 2.14. The third kappa shape index (κ3) is 2.97. The summed E-state index contributed by atoms with van der Waals surface area (Å²) >= 11 is 0. The maximum atomic E-state index is 5.79. The molecule has 1 unspecified atom stereocenters. The SMILES string of the molecule is Cc1ccc(C)c(OCC2CNCCO2)c1. The molecule has 0 amide bonds. The lowest BCUT2D eigenvalue weighted by molar-refractivity contribution is 0.0000564. The van der Waals surface area contributed by atoms with Gasteiger partial charge >= 0.3 is 0 Å². The van der Waals surface area contributed by atoms with Crippen molar-refractivity contribution in [3.05, 3.63) is 29.3 Å². The Morgan fingerprint density at radius 1 is 1.44 bits per heavy atom. The van der Waals surface area contributed by atoms with E-state index < -0.39 is 0 Å². The molecule has 1 aliphatic rings. The van der Waals surface area contributed by atoms with Crippen molar-refractivity contribution in [2.75, 3.05) is 26.3 Å². The summed E-state index contributed by atoms with van der Waals surface area (Å²) in [6.45, 7) is 7.36. The van der Waals surface area contributed by atoms with Gasteiger partial charge in [0.1, 0.15) is 18.5 Å². The fraction of sp³-hybridized carbons (Fsp3) is 0.538. The van der Waals surface area contributed by atoms with Gasteiger partial charge in [0.05, 0.1) is 6.61 Å². The van der Waals surface area contributed by atoms with E-state index in [1.165, 1.54) is 11.1 Å². The molecular weight excluding hydrogens is 202 g/mol. The normalized spacial score (nSPS) is 20.8. The fourth-order valence-corrected chi connectivity index (χ4v) is 1.77. The van der Waals surface area contributed by atoms with E-state index >= 15 is 0 Å². The lowest BCUT2D eigenvalue weighted by Gasteiger charge is -2.24. The van der Waals surface area contributed by atoms with Gasteiger partial charge in [0, 0.05) is 13.1 Å². The summed E-state index contributed by atoms with van der Waals surface area (Å²) in [7, 11) is 0. The van der Waals surface area contributed by atoms with Crippen LogP contribution in [0.5, 0.6) is 5.75 Å². The average molecular weight is 221 g/mol. The average Bonchev–Trinajstić information content (AvgIpc) is 2.32. The Kier molecular flexibility index (Phi) is 3.80. The first-order chi connectivity index (χ1) is 7.75. The highest BCUT2D eigenvalue weighted by Crippen LogP contribution is 2.19. The van der Waals surface area contributed by atoms with E-state index in [4.69, 9.17) is 9.47 Å². The standard InChI is InChI=1S/C13H19NO2/c1-10-3-4-11(2)13(7-10)16-9-12-8-14-5-6-15-12/h3-4,7,12,14H,5-6,8-9H2,1-2H3. The van der Waals surface area contributed by atoms with Crippen LogP contribution in [0.2, 0.25) is 0 Å². The third-order valence-corrected chi connectivity index (χ3v) is 2.77. The highest BCUT2D eigenvalue weighted by atomic mass is 16.5. The molecule has 1 saturated heterocycles. The first-order valence-corrected chi connectivity index (χ1v) is 5.78. The van der Waals surface area contributed by atoms with Crippen LogP contribution < -0.4 is 10.1 Å². The number of morpholine rings is 1. The maximum absolute atomic E-state index is 5.79. The van der Waals surface area contributed by atoms with Gasteiger partial charge in [-0.25, -0.2) is 0 Å². The Morgan fingerprint density at radius 2 is 2.31 bits per heavy atom. The smallest absolute Gasteiger partial charge is 0.122 e. The van der Waals surface area contributed by atoms with E-state index in [0.717, 1.165) is 25.4 Å². The van der Waals surface area contributed by atoms with Crippen LogP contribution in [0.4, 0.5) is 0 Å². The number of aryl methyl sites for hydroxylation is 2. The van der Waals surface area contributed by atoms with Gasteiger partial charge in [0.2, 0.25) is 0 Å². The quantitative estimate of drug-likeness (QED) is 0.842. The van der Waals surface area contributed by atoms with E-state index in [1.807, 2.05) is 0 Å². The van der Waals surface area contributed by atoms with Crippen molar-refractivity contribution in [1.29, 1.82) is 0 Å². The van der Waals surface area contributed by atoms with Crippen molar-refractivity contribution in [2.45, 2.75) is 20.0 Å². The molecule has 88 valence electrons. The van der Waals surface area contributed by atoms with Crippen molar-refractivity contribution in [3.63, 3.8) is 0 Å². The molecule has 0 saturated carbocycles. The van der Waals surface area contributed by atoms with Crippen LogP contribution in [0, 0.1) is 13.8 Å². The fourth-order valence-electron chi connectivity index (χ4n) is 1.77. The second-order valence-electron chi connectivity index (χ2n) is 4.28. The van der Waals surface area contributed by atoms with Gasteiger partial charge in [0.25, 0.3) is 0 Å². The molecule has 2 rings (SSSR count). The van der Waals surface area contributed by atoms with Crippen molar-refractivity contribution in [2.24, 2.45) is 0 Å². The number of hydrogen-bond donors (Lipinski definition) is 1. The lowest BCUT2D eigenvalue weighted by atomic mass is 10.1. The minimum atomic E-state index is 0.175. The Labute approximate surface area is 96.8 Å². The Balaban J connectivity index is 1.90. The van der Waals surface area contributed by atoms with E-state index in [9.17, 15) is 0 Å². The van der Waals surface area contributed by atoms with Gasteiger partial charge in [-0.2, -0.15) is 0 Å². The molecule has 1 atom stereocenters. The number of hydrogen-bond acceptors (Lipinski definition) is 3. The third-order valence-electron chi connectivity index (χ3n) is 2.77. The van der Waals surface area contributed by atoms with Crippen LogP contribution in [0.15, 0.2) is 18.2 Å². The predicted octanol–water partition coefficient (Wildman–Crippen LogP) is 1.67. The number of rotatable bonds is 3. The van der Waals surface area contributed by atoms with Crippen LogP contribution in [0.3, 0.4) is 0 Å². The molecule has 1 fully saturated rings. The van der Waals surface area contributed by atoms with Crippen molar-refractivity contribution < 1.29 is 9.47 Å². The molecule has 3 nitrogen and oxygen atoms in total. The van der Waals surface area contributed by atoms with Gasteiger partial charge < -0.3 is 14.8 Å². The number of nitrogens with one attached hydrogen (secondary N) is 1. The second-order valence-corrected chi connectivity index (χ2v) is 4.28. The molecule has 1 aromatic carbocycles. The summed E-state index contributed by atoms with van der Waals surface area (Å²) in [5, 5.41) is 3.29. The van der Waals surface area contributed by atoms with Gasteiger partial charge in [-0.3, -0.25) is 0 Å². The number of benzene rings is 1. The second kappa shape index (κ2) is 5.32. The molecule has 1 heterocycles. The van der Waals surface area contributed by atoms with Gasteiger partial charge in [0.15, 0.2) is 0 Å². The molecule has 0 spiro atoms. The van der Waals surface area contributed by atoms with E-state index in [2.05, 4.69) is 37.4 Å². The van der Waals surface area contributed by atoms with Crippen LogP contribution in [-0.4, -0.2) is 32.4 Å². The summed E-state index contributed by atoms with van der Waals surface area (Å²) in [4.78, 5) is 0. The summed E-state index contributed by atoms with van der Waals surface area (Å²) in [5.74, 6) is 0.967. The van der Waals surface area contributed by atoms with Crippen molar-refractivity contribution >= 4 is 0 Å². The maximum Gasteiger partial charge on any atom is 0.122 e. The van der Waals surface area contributed by atoms with E-state index in [0.29, 0.717) is 6.61 Å². The summed E-state index contributed by atoms with van der Waals surface area (Å²) in [6.07, 6.45) is 0.175. The largest absolute Gasteiger partial charge is 0.491 e. The first-order valence-electron chi connectivity index (χ1n) is 5.78. The Hall–Kier alpha value is -1.06. The molecular formula is C13H19NO2. The highest BCUT2D eigenvalue weighted by molar-refractivity contribution is 5.35. The molecule has 0 aliphatic carbocycles. The van der Waals surface area contributed by atoms with Crippen LogP contribution in [0.1, 0.15) is 11.1 Å². The first kappa shape index (κ1) is 11.4. The zero-order valence-electron chi connectivity index (χ0n) is 9.95. The minimum absolute atomic E-state index is 0.175. The lowest BCUT2D eigenvalue weighted by Crippen LogP contribution is -2.41. The zero-order valence-corrected chi connectivity index (χ0v) is 9.95. The van der Waals surface area contributed by atoms with Gasteiger partial charge in [-0.1, -0.05) is 12.1 Å². The predicted molar refractivity (Wildman–Crippen MR) is 64.0 cm³/mol. The molecule has 1 N–H and O–H groups in total. The molecule has 3 heteroatoms. The monoisotopic (exact) mass is 221 g/mol. The Bertz CT molecular complexity index is 346. The van der Waals surface area contributed by atoms with Gasteiger partial charge in [-0.15, -0.1) is 0 Å². The molecule has 1 aromatic rings. The molecule has 0 bridgehead atoms. The van der Waals surface area contributed by atoms with E-state index in [1.54, 1.807) is 0 Å². The molecule has 1 aliphatic heterocycles. The van der Waals surface area contributed by atoms with Gasteiger partial charge in [-0.05, 0) is 31.0 Å². The van der Waals surface area contributed by atoms with Crippen LogP contribution in [-0.2, 0) is 4.74 Å². The number of ether oxygens (including phenoxy) is 2. The minimum Gasteiger partial charge on any atom is -0.491 e. The Morgan fingerprint density at radius 3 is 3.06 bits per heavy atom. The van der Waals surface area contributed by atoms with E-state index in [-0.39, 0.29) is 6.10 Å². The topological polar surface area (TPSA) is 30.5 Å².